The van der Waals surface area contributed by atoms with Crippen molar-refractivity contribution in [1.82, 2.24) is 20.1 Å². The summed E-state index contributed by atoms with van der Waals surface area (Å²) in [6.45, 7) is 4.70. The second-order valence-electron chi connectivity index (χ2n) is 9.74. The fourth-order valence-corrected chi connectivity index (χ4v) is 5.72. The Morgan fingerprint density at radius 2 is 1.86 bits per heavy atom. The van der Waals surface area contributed by atoms with Gasteiger partial charge < -0.3 is 4.74 Å². The molecule has 0 aliphatic carbocycles. The molecule has 0 radical (unpaired) electrons. The van der Waals surface area contributed by atoms with Crippen molar-refractivity contribution in [1.29, 1.82) is 0 Å². The number of anilines is 1. The molecule has 0 spiro atoms. The van der Waals surface area contributed by atoms with E-state index in [1.807, 2.05) is 43.3 Å². The number of alkyl halides is 3. The Balaban J connectivity index is 1.16. The molecule has 1 N–H and O–H groups in total. The number of carbonyl (C=O) groups is 1. The first-order valence-corrected chi connectivity index (χ1v) is 15.0. The number of hydrogen-bond donors (Lipinski definition) is 2. The van der Waals surface area contributed by atoms with Crippen LogP contribution in [0.1, 0.15) is 23.6 Å². The number of nitrogens with one attached hydrogen (secondary N) is 1. The summed E-state index contributed by atoms with van der Waals surface area (Å²) < 4.78 is 42.6. The lowest BCUT2D eigenvalue weighted by atomic mass is 10.1. The van der Waals surface area contributed by atoms with Crippen molar-refractivity contribution in [2.75, 3.05) is 17.2 Å². The van der Waals surface area contributed by atoms with Gasteiger partial charge in [0.1, 0.15) is 17.6 Å². The molecule has 13 heteroatoms. The third-order valence-electron chi connectivity index (χ3n) is 6.64. The van der Waals surface area contributed by atoms with Crippen LogP contribution in [0.5, 0.6) is 5.75 Å². The number of aryl methyl sites for hydroxylation is 2. The van der Waals surface area contributed by atoms with Crippen molar-refractivity contribution in [2.45, 2.75) is 38.5 Å². The third kappa shape index (κ3) is 7.78. The number of benzene rings is 3. The Morgan fingerprint density at radius 1 is 1.12 bits per heavy atom. The van der Waals surface area contributed by atoms with Crippen LogP contribution in [0.3, 0.4) is 0 Å². The number of nitrogens with zero attached hydrogens (tertiary/aromatic N) is 5. The van der Waals surface area contributed by atoms with Gasteiger partial charge in [0.2, 0.25) is 5.91 Å². The number of ether oxygens (including phenoxy) is 1. The lowest BCUT2D eigenvalue weighted by Gasteiger charge is -2.21. The first-order valence-electron chi connectivity index (χ1n) is 13.5. The number of hydrogen-bond acceptors (Lipinski definition) is 8. The summed E-state index contributed by atoms with van der Waals surface area (Å²) in [5.74, 6) is 0.539. The van der Waals surface area contributed by atoms with Gasteiger partial charge in [-0.15, -0.1) is 30.9 Å². The molecule has 3 aromatic carbocycles. The van der Waals surface area contributed by atoms with Gasteiger partial charge in [0.25, 0.3) is 0 Å². The van der Waals surface area contributed by atoms with E-state index in [1.165, 1.54) is 47.0 Å². The Hall–Kier alpha value is -3.81. The first kappa shape index (κ1) is 30.6. The van der Waals surface area contributed by atoms with Gasteiger partial charge in [-0.3, -0.25) is 15.0 Å². The van der Waals surface area contributed by atoms with Gasteiger partial charge in [-0.2, -0.15) is 0 Å². The van der Waals surface area contributed by atoms with E-state index in [-0.39, 0.29) is 11.7 Å². The van der Waals surface area contributed by atoms with Crippen molar-refractivity contribution in [2.24, 2.45) is 4.99 Å². The Kier molecular flexibility index (Phi) is 9.43. The minimum absolute atomic E-state index is 0.0115. The number of rotatable bonds is 10. The van der Waals surface area contributed by atoms with Crippen molar-refractivity contribution in [3.8, 4) is 22.8 Å². The van der Waals surface area contributed by atoms with Crippen molar-refractivity contribution >= 4 is 41.2 Å². The highest BCUT2D eigenvalue weighted by Gasteiger charge is 2.32. The highest BCUT2D eigenvalue weighted by atomic mass is 32.2. The van der Waals surface area contributed by atoms with Crippen LogP contribution in [0.2, 0.25) is 0 Å². The summed E-state index contributed by atoms with van der Waals surface area (Å²) in [5, 5.41) is 8.38. The van der Waals surface area contributed by atoms with Gasteiger partial charge >= 0.3 is 6.36 Å². The Labute approximate surface area is 256 Å². The van der Waals surface area contributed by atoms with Crippen LogP contribution < -0.4 is 15.0 Å². The number of thiol groups is 1. The largest absolute Gasteiger partial charge is 0.573 e. The van der Waals surface area contributed by atoms with Gasteiger partial charge in [0.15, 0.2) is 11.0 Å². The molecule has 0 bridgehead atoms. The van der Waals surface area contributed by atoms with E-state index in [0.717, 1.165) is 40.8 Å². The Morgan fingerprint density at radius 3 is 2.56 bits per heavy atom. The summed E-state index contributed by atoms with van der Waals surface area (Å²) in [7, 11) is 0. The summed E-state index contributed by atoms with van der Waals surface area (Å²) >= 11 is 6.01. The molecule has 2 heterocycles. The van der Waals surface area contributed by atoms with E-state index < -0.39 is 11.9 Å². The van der Waals surface area contributed by atoms with Gasteiger partial charge in [-0.1, -0.05) is 55.1 Å². The maximum Gasteiger partial charge on any atom is 0.573 e. The summed E-state index contributed by atoms with van der Waals surface area (Å²) in [6.07, 6.45) is -1.70. The fourth-order valence-electron chi connectivity index (χ4n) is 4.51. The predicted octanol–water partition coefficient (Wildman–Crippen LogP) is 6.19. The van der Waals surface area contributed by atoms with Crippen LogP contribution >= 0.6 is 24.4 Å². The molecule has 224 valence electrons. The zero-order valence-corrected chi connectivity index (χ0v) is 25.1. The predicted molar refractivity (Wildman–Crippen MR) is 166 cm³/mol. The maximum absolute atomic E-state index is 12.7. The second-order valence-corrected chi connectivity index (χ2v) is 11.2. The SMILES string of the molecule is CCc1ccc(C)cc1N1C(=O)CSC1=NC(S)NCCc1ccc(-c2ncn(-c3ccc(OC(F)(F)F)cc3)n2)cc1. The van der Waals surface area contributed by atoms with E-state index in [1.54, 1.807) is 4.90 Å². The van der Waals surface area contributed by atoms with Crippen LogP contribution in [0.15, 0.2) is 78.0 Å². The number of thioether (sulfide) groups is 1. The molecule has 1 atom stereocenters. The van der Waals surface area contributed by atoms with Crippen molar-refractivity contribution in [3.63, 3.8) is 0 Å². The maximum atomic E-state index is 12.7. The standard InChI is InChI=1S/C30H29F3N6O2S2/c1-3-21-7-4-19(2)16-25(21)39-26(40)17-43-29(39)36-28(42)34-15-14-20-5-8-22(9-6-20)27-35-18-38(37-27)23-10-12-24(13-11-23)41-30(31,32)33/h4-13,16,18,28,34,42H,3,14-15,17H2,1-2H3. The topological polar surface area (TPSA) is 84.6 Å². The summed E-state index contributed by atoms with van der Waals surface area (Å²) in [4.78, 5) is 23.4. The van der Waals surface area contributed by atoms with E-state index in [9.17, 15) is 18.0 Å². The molecule has 4 aromatic rings. The molecule has 43 heavy (non-hydrogen) atoms. The van der Waals surface area contributed by atoms with Crippen LogP contribution in [-0.4, -0.2) is 50.0 Å². The second kappa shape index (κ2) is 13.2. The Bertz CT molecular complexity index is 1610. The van der Waals surface area contributed by atoms with Crippen LogP contribution in [-0.2, 0) is 17.6 Å². The van der Waals surface area contributed by atoms with Crippen molar-refractivity contribution in [3.05, 3.63) is 89.7 Å². The quantitative estimate of drug-likeness (QED) is 0.162. The average Bonchev–Trinajstić information content (AvgIpc) is 3.60. The first-order chi connectivity index (χ1) is 20.6. The lowest BCUT2D eigenvalue weighted by Crippen LogP contribution is -2.33. The molecule has 1 aromatic heterocycles. The lowest BCUT2D eigenvalue weighted by molar-refractivity contribution is -0.274. The molecular weight excluding hydrogens is 597 g/mol. The molecule has 1 aliphatic heterocycles. The molecule has 1 unspecified atom stereocenters. The normalized spacial score (nSPS) is 15.3. The number of aromatic nitrogens is 3. The van der Waals surface area contributed by atoms with Crippen molar-refractivity contribution < 1.29 is 22.7 Å². The minimum atomic E-state index is -4.74. The fraction of sp³-hybridized carbons (Fsp3) is 0.267. The molecule has 1 aliphatic rings. The molecule has 5 rings (SSSR count). The molecule has 0 saturated carbocycles. The number of carbonyl (C=O) groups excluding carboxylic acids is 1. The molecule has 8 nitrogen and oxygen atoms in total. The highest BCUT2D eigenvalue weighted by molar-refractivity contribution is 8.15. The molecular formula is C30H29F3N6O2S2. The smallest absolute Gasteiger partial charge is 0.406 e. The number of amides is 1. The summed E-state index contributed by atoms with van der Waals surface area (Å²) in [5.41, 5.74) is 5.02. The zero-order valence-electron chi connectivity index (χ0n) is 23.4. The third-order valence-corrected chi connectivity index (χ3v) is 7.88. The van der Waals surface area contributed by atoms with Crippen LogP contribution in [0.4, 0.5) is 18.9 Å². The monoisotopic (exact) mass is 626 g/mol. The number of amidine groups is 1. The van der Waals surface area contributed by atoms with Crippen LogP contribution in [0.25, 0.3) is 17.1 Å². The van der Waals surface area contributed by atoms with E-state index in [2.05, 4.69) is 50.7 Å². The highest BCUT2D eigenvalue weighted by Crippen LogP contribution is 2.31. The van der Waals surface area contributed by atoms with Gasteiger partial charge in [-0.05, 0) is 66.8 Å². The van der Waals surface area contributed by atoms with Gasteiger partial charge in [-0.25, -0.2) is 14.7 Å². The number of aliphatic imine (C=N–C) groups is 1. The van der Waals surface area contributed by atoms with E-state index >= 15 is 0 Å². The molecule has 1 saturated heterocycles. The zero-order chi connectivity index (χ0) is 30.6. The van der Waals surface area contributed by atoms with Gasteiger partial charge in [0, 0.05) is 12.1 Å². The van der Waals surface area contributed by atoms with Gasteiger partial charge in [0.05, 0.1) is 17.1 Å². The average molecular weight is 627 g/mol. The number of halogens is 3. The molecule has 1 fully saturated rings. The summed E-state index contributed by atoms with van der Waals surface area (Å²) in [6, 6.07) is 19.3. The van der Waals surface area contributed by atoms with Crippen LogP contribution in [0, 0.1) is 6.92 Å². The minimum Gasteiger partial charge on any atom is -0.406 e. The van der Waals surface area contributed by atoms with E-state index in [4.69, 9.17) is 0 Å². The molecule has 1 amide bonds. The van der Waals surface area contributed by atoms with E-state index in [0.29, 0.717) is 29.0 Å².